The van der Waals surface area contributed by atoms with Crippen LogP contribution in [-0.4, -0.2) is 21.7 Å². The molecule has 1 N–H and O–H groups in total. The molecule has 5 nitrogen and oxygen atoms in total. The van der Waals surface area contributed by atoms with E-state index < -0.39 is 0 Å². The Morgan fingerprint density at radius 3 is 2.83 bits per heavy atom. The molecule has 0 aromatic carbocycles. The van der Waals surface area contributed by atoms with Crippen LogP contribution in [0.25, 0.3) is 11.5 Å². The first-order valence-corrected chi connectivity index (χ1v) is 6.12. The molecule has 2 aromatic heterocycles. The maximum atomic E-state index is 5.18. The predicted octanol–water partition coefficient (Wildman–Crippen LogP) is 2.19. The Hall–Kier alpha value is -1.75. The first kappa shape index (κ1) is 12.7. The van der Waals surface area contributed by atoms with E-state index in [0.717, 1.165) is 17.9 Å². The van der Waals surface area contributed by atoms with Gasteiger partial charge in [-0.25, -0.2) is 4.98 Å². The number of aromatic nitrogens is 3. The van der Waals surface area contributed by atoms with Crippen LogP contribution in [0.5, 0.6) is 0 Å². The van der Waals surface area contributed by atoms with E-state index in [9.17, 15) is 0 Å². The van der Waals surface area contributed by atoms with Gasteiger partial charge in [0, 0.05) is 5.69 Å². The van der Waals surface area contributed by atoms with Gasteiger partial charge in [-0.05, 0) is 31.5 Å². The molecule has 0 saturated heterocycles. The van der Waals surface area contributed by atoms with Crippen molar-refractivity contribution in [1.29, 1.82) is 0 Å². The zero-order chi connectivity index (χ0) is 13.0. The number of aryl methyl sites for hydroxylation is 1. The molecule has 0 aliphatic rings. The van der Waals surface area contributed by atoms with E-state index in [1.54, 1.807) is 0 Å². The van der Waals surface area contributed by atoms with Crippen molar-refractivity contribution in [3.8, 4) is 11.5 Å². The number of nitrogens with one attached hydrogen (secondary N) is 1. The number of hydrogen-bond acceptors (Lipinski definition) is 5. The second kappa shape index (κ2) is 5.73. The summed E-state index contributed by atoms with van der Waals surface area (Å²) in [4.78, 5) is 8.68. The van der Waals surface area contributed by atoms with Crippen LogP contribution in [0.4, 0.5) is 0 Å². The van der Waals surface area contributed by atoms with Gasteiger partial charge in [-0.1, -0.05) is 25.1 Å². The number of hydrogen-bond donors (Lipinski definition) is 1. The summed E-state index contributed by atoms with van der Waals surface area (Å²) in [5, 5.41) is 7.20. The molecular formula is C13H18N4O. The number of pyridine rings is 1. The first-order chi connectivity index (χ1) is 8.65. The summed E-state index contributed by atoms with van der Waals surface area (Å²) < 4.78 is 5.18. The van der Waals surface area contributed by atoms with E-state index in [0.29, 0.717) is 24.2 Å². The van der Waals surface area contributed by atoms with Gasteiger partial charge >= 0.3 is 0 Å². The molecular weight excluding hydrogens is 228 g/mol. The molecule has 0 fully saturated rings. The first-order valence-electron chi connectivity index (χ1n) is 6.12. The van der Waals surface area contributed by atoms with E-state index in [1.807, 2.05) is 25.1 Å². The Balaban J connectivity index is 2.02. The molecule has 96 valence electrons. The van der Waals surface area contributed by atoms with Crippen LogP contribution in [0, 0.1) is 12.8 Å². The average molecular weight is 246 g/mol. The molecule has 18 heavy (non-hydrogen) atoms. The fraction of sp³-hybridized carbons (Fsp3) is 0.462. The Labute approximate surface area is 107 Å². The largest absolute Gasteiger partial charge is 0.337 e. The van der Waals surface area contributed by atoms with Gasteiger partial charge in [0.05, 0.1) is 6.54 Å². The third-order valence-corrected chi connectivity index (χ3v) is 2.41. The zero-order valence-corrected chi connectivity index (χ0v) is 11.0. The van der Waals surface area contributed by atoms with Crippen molar-refractivity contribution in [2.45, 2.75) is 27.3 Å². The van der Waals surface area contributed by atoms with Crippen LogP contribution in [0.15, 0.2) is 22.7 Å². The highest BCUT2D eigenvalue weighted by atomic mass is 16.5. The standard InChI is InChI=1S/C13H18N4O/c1-9(2)7-14-8-12-16-13(17-18-12)11-6-4-5-10(3)15-11/h4-6,9,14H,7-8H2,1-3H3. The number of nitrogens with zero attached hydrogens (tertiary/aromatic N) is 3. The van der Waals surface area contributed by atoms with Crippen LogP contribution in [0.3, 0.4) is 0 Å². The predicted molar refractivity (Wildman–Crippen MR) is 68.8 cm³/mol. The Bertz CT molecular complexity index is 507. The van der Waals surface area contributed by atoms with E-state index in [4.69, 9.17) is 4.52 Å². The summed E-state index contributed by atoms with van der Waals surface area (Å²) in [6.07, 6.45) is 0. The van der Waals surface area contributed by atoms with Gasteiger partial charge in [0.15, 0.2) is 0 Å². The lowest BCUT2D eigenvalue weighted by Crippen LogP contribution is -2.19. The van der Waals surface area contributed by atoms with Crippen molar-refractivity contribution in [2.75, 3.05) is 6.54 Å². The molecule has 2 rings (SSSR count). The average Bonchev–Trinajstić information content (AvgIpc) is 2.77. The fourth-order valence-electron chi connectivity index (χ4n) is 1.57. The van der Waals surface area contributed by atoms with Crippen LogP contribution >= 0.6 is 0 Å². The third-order valence-electron chi connectivity index (χ3n) is 2.41. The maximum Gasteiger partial charge on any atom is 0.240 e. The highest BCUT2D eigenvalue weighted by molar-refractivity contribution is 5.47. The highest BCUT2D eigenvalue weighted by Gasteiger charge is 2.09. The van der Waals surface area contributed by atoms with Crippen molar-refractivity contribution < 1.29 is 4.52 Å². The summed E-state index contributed by atoms with van der Waals surface area (Å²) in [6, 6.07) is 5.75. The molecule has 2 aromatic rings. The summed E-state index contributed by atoms with van der Waals surface area (Å²) in [5.41, 5.74) is 1.69. The molecule has 0 amide bonds. The van der Waals surface area contributed by atoms with Gasteiger partial charge in [-0.3, -0.25) is 0 Å². The van der Waals surface area contributed by atoms with Crippen molar-refractivity contribution >= 4 is 0 Å². The van der Waals surface area contributed by atoms with Crippen molar-refractivity contribution in [2.24, 2.45) is 5.92 Å². The second-order valence-electron chi connectivity index (χ2n) is 4.70. The SMILES string of the molecule is Cc1cccc(-c2noc(CNCC(C)C)n2)n1. The Morgan fingerprint density at radius 1 is 1.28 bits per heavy atom. The minimum Gasteiger partial charge on any atom is -0.337 e. The van der Waals surface area contributed by atoms with Crippen LogP contribution < -0.4 is 5.32 Å². The Kier molecular flexibility index (Phi) is 4.04. The maximum absolute atomic E-state index is 5.18. The van der Waals surface area contributed by atoms with Gasteiger partial charge in [0.2, 0.25) is 11.7 Å². The molecule has 0 spiro atoms. The lowest BCUT2D eigenvalue weighted by molar-refractivity contribution is 0.364. The molecule has 0 unspecified atom stereocenters. The van der Waals surface area contributed by atoms with Crippen molar-refractivity contribution in [3.05, 3.63) is 29.8 Å². The summed E-state index contributed by atoms with van der Waals surface area (Å²) in [5.74, 6) is 1.74. The van der Waals surface area contributed by atoms with Gasteiger partial charge in [0.1, 0.15) is 5.69 Å². The molecule has 5 heteroatoms. The fourth-order valence-corrected chi connectivity index (χ4v) is 1.57. The Morgan fingerprint density at radius 2 is 2.11 bits per heavy atom. The third kappa shape index (κ3) is 3.37. The topological polar surface area (TPSA) is 63.8 Å². The van der Waals surface area contributed by atoms with E-state index >= 15 is 0 Å². The number of rotatable bonds is 5. The monoisotopic (exact) mass is 246 g/mol. The summed E-state index contributed by atoms with van der Waals surface area (Å²) in [6.45, 7) is 7.78. The summed E-state index contributed by atoms with van der Waals surface area (Å²) in [7, 11) is 0. The van der Waals surface area contributed by atoms with Gasteiger partial charge in [-0.2, -0.15) is 4.98 Å². The summed E-state index contributed by atoms with van der Waals surface area (Å²) >= 11 is 0. The van der Waals surface area contributed by atoms with E-state index in [1.165, 1.54) is 0 Å². The minimum atomic E-state index is 0.542. The van der Waals surface area contributed by atoms with Gasteiger partial charge in [-0.15, -0.1) is 0 Å². The molecule has 0 atom stereocenters. The van der Waals surface area contributed by atoms with Crippen LogP contribution in [-0.2, 0) is 6.54 Å². The van der Waals surface area contributed by atoms with Crippen molar-refractivity contribution in [3.63, 3.8) is 0 Å². The molecule has 0 aliphatic carbocycles. The lowest BCUT2D eigenvalue weighted by Gasteiger charge is -2.03. The quantitative estimate of drug-likeness (QED) is 0.876. The van der Waals surface area contributed by atoms with Crippen molar-refractivity contribution in [1.82, 2.24) is 20.4 Å². The molecule has 0 saturated carbocycles. The normalized spacial score (nSPS) is 11.1. The smallest absolute Gasteiger partial charge is 0.240 e. The lowest BCUT2D eigenvalue weighted by atomic mass is 10.2. The minimum absolute atomic E-state index is 0.542. The van der Waals surface area contributed by atoms with E-state index in [2.05, 4.69) is 34.3 Å². The highest BCUT2D eigenvalue weighted by Crippen LogP contribution is 2.13. The second-order valence-corrected chi connectivity index (χ2v) is 4.70. The van der Waals surface area contributed by atoms with Crippen LogP contribution in [0.1, 0.15) is 25.4 Å². The van der Waals surface area contributed by atoms with E-state index in [-0.39, 0.29) is 0 Å². The molecule has 2 heterocycles. The molecule has 0 aliphatic heterocycles. The van der Waals surface area contributed by atoms with Gasteiger partial charge < -0.3 is 9.84 Å². The zero-order valence-electron chi connectivity index (χ0n) is 11.0. The van der Waals surface area contributed by atoms with Crippen LogP contribution in [0.2, 0.25) is 0 Å². The molecule has 0 radical (unpaired) electrons. The molecule has 0 bridgehead atoms. The van der Waals surface area contributed by atoms with Gasteiger partial charge in [0.25, 0.3) is 0 Å².